The van der Waals surface area contributed by atoms with Gasteiger partial charge in [-0.2, -0.15) is 0 Å². The summed E-state index contributed by atoms with van der Waals surface area (Å²) in [6.07, 6.45) is 2.47. The van der Waals surface area contributed by atoms with Crippen molar-refractivity contribution in [2.24, 2.45) is 5.92 Å². The van der Waals surface area contributed by atoms with Crippen LogP contribution < -0.4 is 0 Å². The summed E-state index contributed by atoms with van der Waals surface area (Å²) in [5, 5.41) is 8.87. The number of carbonyl (C=O) groups excluding carboxylic acids is 1. The van der Waals surface area contributed by atoms with Crippen LogP contribution in [-0.4, -0.2) is 47.8 Å². The first-order valence-corrected chi connectivity index (χ1v) is 6.46. The van der Waals surface area contributed by atoms with Gasteiger partial charge in [0.15, 0.2) is 0 Å². The maximum absolute atomic E-state index is 11.5. The van der Waals surface area contributed by atoms with Gasteiger partial charge in [0.25, 0.3) is 0 Å². The van der Waals surface area contributed by atoms with Crippen molar-refractivity contribution in [2.75, 3.05) is 26.2 Å². The molecular weight excluding hydrogens is 218 g/mol. The van der Waals surface area contributed by atoms with E-state index in [0.717, 1.165) is 32.5 Å². The van der Waals surface area contributed by atoms with Crippen molar-refractivity contribution < 1.29 is 14.6 Å². The number of aliphatic hydroxyl groups excluding tert-OH is 1. The summed E-state index contributed by atoms with van der Waals surface area (Å²) < 4.78 is 5.27. The normalized spacial score (nSPS) is 21.8. The average Bonchev–Trinajstić information content (AvgIpc) is 2.61. The van der Waals surface area contributed by atoms with E-state index in [9.17, 15) is 4.79 Å². The molecule has 1 unspecified atom stereocenters. The predicted molar refractivity (Wildman–Crippen MR) is 66.7 cm³/mol. The first-order valence-electron chi connectivity index (χ1n) is 6.46. The summed E-state index contributed by atoms with van der Waals surface area (Å²) in [5.41, 5.74) is -0.387. The molecule has 0 aliphatic carbocycles. The minimum Gasteiger partial charge on any atom is -0.460 e. The molecule has 1 saturated heterocycles. The standard InChI is InChI=1S/C13H25NO3/c1-13(2,3)17-12(16)5-8-14-7-4-11(10-14)6-9-15/h11,15H,4-10H2,1-3H3. The van der Waals surface area contributed by atoms with Crippen molar-refractivity contribution in [3.05, 3.63) is 0 Å². The summed E-state index contributed by atoms with van der Waals surface area (Å²) in [7, 11) is 0. The van der Waals surface area contributed by atoms with E-state index in [1.807, 2.05) is 20.8 Å². The van der Waals surface area contributed by atoms with Crippen LogP contribution in [0.2, 0.25) is 0 Å². The van der Waals surface area contributed by atoms with Gasteiger partial charge in [-0.1, -0.05) is 0 Å². The molecule has 0 aromatic carbocycles. The Morgan fingerprint density at radius 3 is 2.76 bits per heavy atom. The van der Waals surface area contributed by atoms with Crippen LogP contribution in [0.3, 0.4) is 0 Å². The zero-order valence-electron chi connectivity index (χ0n) is 11.2. The minimum absolute atomic E-state index is 0.122. The third-order valence-corrected chi connectivity index (χ3v) is 2.96. The smallest absolute Gasteiger partial charge is 0.307 e. The van der Waals surface area contributed by atoms with Crippen molar-refractivity contribution >= 4 is 5.97 Å². The lowest BCUT2D eigenvalue weighted by molar-refractivity contribution is -0.155. The van der Waals surface area contributed by atoms with Gasteiger partial charge in [-0.3, -0.25) is 4.79 Å². The van der Waals surface area contributed by atoms with E-state index in [2.05, 4.69) is 4.90 Å². The van der Waals surface area contributed by atoms with Crippen molar-refractivity contribution in [3.63, 3.8) is 0 Å². The molecule has 0 radical (unpaired) electrons. The molecule has 1 aliphatic heterocycles. The maximum Gasteiger partial charge on any atom is 0.307 e. The molecule has 17 heavy (non-hydrogen) atoms. The molecule has 0 spiro atoms. The van der Waals surface area contributed by atoms with Gasteiger partial charge in [-0.05, 0) is 46.1 Å². The van der Waals surface area contributed by atoms with Crippen LogP contribution in [0.1, 0.15) is 40.0 Å². The second kappa shape index (κ2) is 6.36. The summed E-state index contributed by atoms with van der Waals surface area (Å²) in [4.78, 5) is 13.8. The molecule has 1 N–H and O–H groups in total. The Balaban J connectivity index is 2.17. The summed E-state index contributed by atoms with van der Waals surface area (Å²) in [5.74, 6) is 0.474. The fourth-order valence-corrected chi connectivity index (χ4v) is 2.18. The molecule has 0 bridgehead atoms. The number of ether oxygens (including phenoxy) is 1. The number of esters is 1. The Labute approximate surface area is 104 Å². The molecular formula is C13H25NO3. The quantitative estimate of drug-likeness (QED) is 0.742. The highest BCUT2D eigenvalue weighted by Crippen LogP contribution is 2.19. The SMILES string of the molecule is CC(C)(C)OC(=O)CCN1CCC(CCO)C1. The lowest BCUT2D eigenvalue weighted by atomic mass is 10.1. The molecule has 0 amide bonds. The largest absolute Gasteiger partial charge is 0.460 e. The van der Waals surface area contributed by atoms with Crippen LogP contribution in [0.4, 0.5) is 0 Å². The summed E-state index contributed by atoms with van der Waals surface area (Å²) in [6, 6.07) is 0. The molecule has 1 aliphatic rings. The van der Waals surface area contributed by atoms with Crippen LogP contribution in [0.15, 0.2) is 0 Å². The molecule has 100 valence electrons. The Kier molecular flexibility index (Phi) is 5.40. The molecule has 0 aromatic heterocycles. The molecule has 1 fully saturated rings. The zero-order chi connectivity index (χ0) is 12.9. The predicted octanol–water partition coefficient (Wildman–Crippen LogP) is 1.42. The average molecular weight is 243 g/mol. The molecule has 1 heterocycles. The maximum atomic E-state index is 11.5. The number of rotatable bonds is 5. The van der Waals surface area contributed by atoms with Crippen LogP contribution in [-0.2, 0) is 9.53 Å². The molecule has 4 nitrogen and oxygen atoms in total. The fraction of sp³-hybridized carbons (Fsp3) is 0.923. The number of nitrogens with zero attached hydrogens (tertiary/aromatic N) is 1. The lowest BCUT2D eigenvalue weighted by Crippen LogP contribution is -2.28. The van der Waals surface area contributed by atoms with Gasteiger partial charge in [0.05, 0.1) is 6.42 Å². The van der Waals surface area contributed by atoms with Gasteiger partial charge in [0.2, 0.25) is 0 Å². The summed E-state index contributed by atoms with van der Waals surface area (Å²) >= 11 is 0. The van der Waals surface area contributed by atoms with Crippen LogP contribution in [0, 0.1) is 5.92 Å². The Bertz CT molecular complexity index is 248. The van der Waals surface area contributed by atoms with E-state index < -0.39 is 0 Å². The topological polar surface area (TPSA) is 49.8 Å². The van der Waals surface area contributed by atoms with Gasteiger partial charge in [-0.25, -0.2) is 0 Å². The number of aliphatic hydroxyl groups is 1. The first-order chi connectivity index (χ1) is 7.90. The van der Waals surface area contributed by atoms with Crippen molar-refractivity contribution in [2.45, 2.75) is 45.6 Å². The van der Waals surface area contributed by atoms with E-state index in [1.165, 1.54) is 0 Å². The van der Waals surface area contributed by atoms with E-state index in [1.54, 1.807) is 0 Å². The molecule has 0 saturated carbocycles. The highest BCUT2D eigenvalue weighted by molar-refractivity contribution is 5.70. The fourth-order valence-electron chi connectivity index (χ4n) is 2.18. The van der Waals surface area contributed by atoms with Crippen LogP contribution in [0.5, 0.6) is 0 Å². The van der Waals surface area contributed by atoms with Crippen LogP contribution >= 0.6 is 0 Å². The second-order valence-electron chi connectivity index (χ2n) is 5.80. The molecule has 4 heteroatoms. The number of carbonyl (C=O) groups is 1. The van der Waals surface area contributed by atoms with Crippen molar-refractivity contribution in [1.82, 2.24) is 4.90 Å². The van der Waals surface area contributed by atoms with Gasteiger partial charge in [0.1, 0.15) is 5.60 Å². The highest BCUT2D eigenvalue weighted by atomic mass is 16.6. The molecule has 0 aromatic rings. The lowest BCUT2D eigenvalue weighted by Gasteiger charge is -2.21. The second-order valence-corrected chi connectivity index (χ2v) is 5.80. The molecule has 1 rings (SSSR count). The third-order valence-electron chi connectivity index (χ3n) is 2.96. The van der Waals surface area contributed by atoms with E-state index >= 15 is 0 Å². The number of hydrogen-bond acceptors (Lipinski definition) is 4. The van der Waals surface area contributed by atoms with Gasteiger partial charge in [0, 0.05) is 19.7 Å². The Hall–Kier alpha value is -0.610. The Morgan fingerprint density at radius 1 is 1.47 bits per heavy atom. The monoisotopic (exact) mass is 243 g/mol. The van der Waals surface area contributed by atoms with Gasteiger partial charge < -0.3 is 14.7 Å². The van der Waals surface area contributed by atoms with E-state index in [-0.39, 0.29) is 18.2 Å². The minimum atomic E-state index is -0.387. The zero-order valence-corrected chi connectivity index (χ0v) is 11.2. The number of likely N-dealkylation sites (tertiary alicyclic amines) is 1. The van der Waals surface area contributed by atoms with E-state index in [4.69, 9.17) is 9.84 Å². The van der Waals surface area contributed by atoms with Gasteiger partial charge >= 0.3 is 5.97 Å². The van der Waals surface area contributed by atoms with E-state index in [0.29, 0.717) is 12.3 Å². The highest BCUT2D eigenvalue weighted by Gasteiger charge is 2.23. The summed E-state index contributed by atoms with van der Waals surface area (Å²) in [6.45, 7) is 8.74. The van der Waals surface area contributed by atoms with Gasteiger partial charge in [-0.15, -0.1) is 0 Å². The first kappa shape index (κ1) is 14.5. The van der Waals surface area contributed by atoms with Crippen molar-refractivity contribution in [1.29, 1.82) is 0 Å². The third kappa shape index (κ3) is 6.03. The van der Waals surface area contributed by atoms with Crippen LogP contribution in [0.25, 0.3) is 0 Å². The number of hydrogen-bond donors (Lipinski definition) is 1. The molecule has 1 atom stereocenters. The van der Waals surface area contributed by atoms with Crippen molar-refractivity contribution in [3.8, 4) is 0 Å². The Morgan fingerprint density at radius 2 is 2.18 bits per heavy atom.